The van der Waals surface area contributed by atoms with Gasteiger partial charge in [0.15, 0.2) is 0 Å². The number of hydrogen-bond acceptors (Lipinski definition) is 5. The fourth-order valence-electron chi connectivity index (χ4n) is 3.36. The summed E-state index contributed by atoms with van der Waals surface area (Å²) in [6.07, 6.45) is 7.67. The summed E-state index contributed by atoms with van der Waals surface area (Å²) in [5, 5.41) is 0. The van der Waals surface area contributed by atoms with Crippen LogP contribution in [0.4, 0.5) is 0 Å². The first kappa shape index (κ1) is 20.8. The molecule has 0 aliphatic heterocycles. The Balaban J connectivity index is 2.12. The van der Waals surface area contributed by atoms with Crippen molar-refractivity contribution in [3.8, 4) is 11.5 Å². The molecule has 1 fully saturated rings. The fraction of sp³-hybridized carbons (Fsp3) is 0.524. The van der Waals surface area contributed by atoms with Gasteiger partial charge in [-0.1, -0.05) is 12.8 Å². The molecular formula is C21H29NO5. The van der Waals surface area contributed by atoms with Gasteiger partial charge >= 0.3 is 5.97 Å². The molecule has 1 saturated carbocycles. The van der Waals surface area contributed by atoms with Gasteiger partial charge in [-0.25, -0.2) is 0 Å². The zero-order valence-electron chi connectivity index (χ0n) is 16.4. The van der Waals surface area contributed by atoms with Crippen molar-refractivity contribution in [2.75, 3.05) is 27.4 Å². The number of esters is 1. The fourth-order valence-corrected chi connectivity index (χ4v) is 3.36. The highest BCUT2D eigenvalue weighted by Crippen LogP contribution is 2.26. The minimum absolute atomic E-state index is 0.101. The molecule has 0 radical (unpaired) electrons. The minimum Gasteiger partial charge on any atom is -0.497 e. The van der Waals surface area contributed by atoms with Crippen LogP contribution in [-0.2, 0) is 14.3 Å². The van der Waals surface area contributed by atoms with E-state index in [1.165, 1.54) is 0 Å². The molecule has 1 amide bonds. The van der Waals surface area contributed by atoms with Crippen LogP contribution in [0.2, 0.25) is 0 Å². The van der Waals surface area contributed by atoms with Crippen LogP contribution in [-0.4, -0.2) is 50.2 Å². The maximum Gasteiger partial charge on any atom is 0.307 e. The lowest BCUT2D eigenvalue weighted by Crippen LogP contribution is -2.39. The highest BCUT2D eigenvalue weighted by Gasteiger charge is 2.26. The molecule has 6 nitrogen and oxygen atoms in total. The molecule has 1 aromatic carbocycles. The average molecular weight is 375 g/mol. The van der Waals surface area contributed by atoms with Gasteiger partial charge in [-0.15, -0.1) is 0 Å². The molecule has 1 aromatic rings. The largest absolute Gasteiger partial charge is 0.497 e. The Morgan fingerprint density at radius 3 is 2.56 bits per heavy atom. The summed E-state index contributed by atoms with van der Waals surface area (Å²) >= 11 is 0. The van der Waals surface area contributed by atoms with Crippen LogP contribution in [0.1, 0.15) is 44.6 Å². The van der Waals surface area contributed by atoms with Crippen molar-refractivity contribution >= 4 is 18.0 Å². The maximum absolute atomic E-state index is 12.8. The molecule has 0 bridgehead atoms. The van der Waals surface area contributed by atoms with Crippen molar-refractivity contribution in [2.24, 2.45) is 0 Å². The van der Waals surface area contributed by atoms with E-state index >= 15 is 0 Å². The Hall–Kier alpha value is -2.50. The number of nitrogens with zero attached hydrogens (tertiary/aromatic N) is 1. The van der Waals surface area contributed by atoms with E-state index in [1.54, 1.807) is 44.3 Å². The minimum atomic E-state index is -0.272. The van der Waals surface area contributed by atoms with E-state index in [4.69, 9.17) is 14.2 Å². The van der Waals surface area contributed by atoms with Crippen LogP contribution in [0.5, 0.6) is 11.5 Å². The Morgan fingerprint density at radius 2 is 1.93 bits per heavy atom. The van der Waals surface area contributed by atoms with Crippen LogP contribution in [0.25, 0.3) is 6.08 Å². The smallest absolute Gasteiger partial charge is 0.307 e. The van der Waals surface area contributed by atoms with Gasteiger partial charge in [0.25, 0.3) is 0 Å². The molecule has 0 atom stereocenters. The molecule has 1 aliphatic rings. The molecule has 0 unspecified atom stereocenters. The van der Waals surface area contributed by atoms with Crippen molar-refractivity contribution in [3.05, 3.63) is 29.8 Å². The summed E-state index contributed by atoms with van der Waals surface area (Å²) in [5.74, 6) is 0.986. The first-order chi connectivity index (χ1) is 13.1. The van der Waals surface area contributed by atoms with Gasteiger partial charge in [0, 0.05) is 24.2 Å². The van der Waals surface area contributed by atoms with Crippen LogP contribution in [0.3, 0.4) is 0 Å². The second-order valence-electron chi connectivity index (χ2n) is 6.47. The van der Waals surface area contributed by atoms with Crippen LogP contribution >= 0.6 is 0 Å². The summed E-state index contributed by atoms with van der Waals surface area (Å²) in [7, 11) is 3.18. The number of methoxy groups -OCH3 is 2. The van der Waals surface area contributed by atoms with Crippen molar-refractivity contribution in [3.63, 3.8) is 0 Å². The zero-order chi connectivity index (χ0) is 19.6. The Bertz CT molecular complexity index is 665. The lowest BCUT2D eigenvalue weighted by molar-refractivity contribution is -0.144. The van der Waals surface area contributed by atoms with Gasteiger partial charge in [0.1, 0.15) is 11.5 Å². The number of benzene rings is 1. The van der Waals surface area contributed by atoms with Gasteiger partial charge in [0.05, 0.1) is 27.2 Å². The highest BCUT2D eigenvalue weighted by atomic mass is 16.5. The molecule has 6 heteroatoms. The number of carbonyl (C=O) groups is 2. The van der Waals surface area contributed by atoms with E-state index in [2.05, 4.69) is 0 Å². The first-order valence-corrected chi connectivity index (χ1v) is 9.45. The normalized spacial score (nSPS) is 14.3. The molecule has 0 aromatic heterocycles. The van der Waals surface area contributed by atoms with Crippen molar-refractivity contribution in [1.29, 1.82) is 0 Å². The van der Waals surface area contributed by atoms with E-state index in [-0.39, 0.29) is 24.3 Å². The van der Waals surface area contributed by atoms with E-state index in [0.717, 1.165) is 31.2 Å². The van der Waals surface area contributed by atoms with Gasteiger partial charge in [-0.05, 0) is 44.0 Å². The lowest BCUT2D eigenvalue weighted by atomic mass is 10.1. The lowest BCUT2D eigenvalue weighted by Gasteiger charge is -2.27. The monoisotopic (exact) mass is 375 g/mol. The Morgan fingerprint density at radius 1 is 1.19 bits per heavy atom. The average Bonchev–Trinajstić information content (AvgIpc) is 3.20. The third-order valence-corrected chi connectivity index (χ3v) is 4.75. The molecule has 0 saturated heterocycles. The van der Waals surface area contributed by atoms with Gasteiger partial charge in [-0.3, -0.25) is 9.59 Å². The van der Waals surface area contributed by atoms with E-state index in [1.807, 2.05) is 12.1 Å². The van der Waals surface area contributed by atoms with Crippen molar-refractivity contribution in [1.82, 2.24) is 4.90 Å². The molecule has 0 N–H and O–H groups in total. The molecule has 0 spiro atoms. The van der Waals surface area contributed by atoms with Crippen LogP contribution in [0.15, 0.2) is 24.3 Å². The summed E-state index contributed by atoms with van der Waals surface area (Å²) in [5.41, 5.74) is 0.766. The highest BCUT2D eigenvalue weighted by molar-refractivity contribution is 5.92. The van der Waals surface area contributed by atoms with E-state index in [9.17, 15) is 9.59 Å². The SMILES string of the molecule is CCOC(=O)CCN(C(=O)/C=C/c1cc(OC)ccc1OC)C1CCCC1. The van der Waals surface area contributed by atoms with E-state index < -0.39 is 0 Å². The number of hydrogen-bond donors (Lipinski definition) is 0. The third kappa shape index (κ3) is 6.01. The predicted molar refractivity (Wildman–Crippen MR) is 104 cm³/mol. The maximum atomic E-state index is 12.8. The number of amides is 1. The van der Waals surface area contributed by atoms with Gasteiger partial charge in [0.2, 0.25) is 5.91 Å². The quantitative estimate of drug-likeness (QED) is 0.489. The summed E-state index contributed by atoms with van der Waals surface area (Å²) < 4.78 is 15.6. The number of ether oxygens (including phenoxy) is 3. The first-order valence-electron chi connectivity index (χ1n) is 9.45. The number of rotatable bonds is 9. The Labute approximate surface area is 161 Å². The summed E-state index contributed by atoms with van der Waals surface area (Å²) in [6.45, 7) is 2.51. The number of carbonyl (C=O) groups excluding carboxylic acids is 2. The van der Waals surface area contributed by atoms with Crippen molar-refractivity contribution < 1.29 is 23.8 Å². The topological polar surface area (TPSA) is 65.1 Å². The molecule has 0 heterocycles. The molecule has 2 rings (SSSR count). The summed E-state index contributed by atoms with van der Waals surface area (Å²) in [6, 6.07) is 5.62. The van der Waals surface area contributed by atoms with Gasteiger partial charge in [-0.2, -0.15) is 0 Å². The zero-order valence-corrected chi connectivity index (χ0v) is 16.4. The molecule has 27 heavy (non-hydrogen) atoms. The van der Waals surface area contributed by atoms with Crippen molar-refractivity contribution in [2.45, 2.75) is 45.1 Å². The third-order valence-electron chi connectivity index (χ3n) is 4.75. The van der Waals surface area contributed by atoms with Crippen LogP contribution in [0, 0.1) is 0 Å². The molecule has 148 valence electrons. The van der Waals surface area contributed by atoms with Gasteiger partial charge < -0.3 is 19.1 Å². The second kappa shape index (κ2) is 10.6. The molecular weight excluding hydrogens is 346 g/mol. The standard InChI is InChI=1S/C21H29NO5/c1-4-27-21(24)13-14-22(17-7-5-6-8-17)20(23)12-9-16-15-18(25-2)10-11-19(16)26-3/h9-12,15,17H,4-8,13-14H2,1-3H3/b12-9+. The second-order valence-corrected chi connectivity index (χ2v) is 6.47. The van der Waals surface area contributed by atoms with E-state index in [0.29, 0.717) is 24.7 Å². The molecule has 1 aliphatic carbocycles. The summed E-state index contributed by atoms with van der Waals surface area (Å²) in [4.78, 5) is 26.4. The Kier molecular flexibility index (Phi) is 8.17. The predicted octanol–water partition coefficient (Wildman–Crippen LogP) is 3.44. The van der Waals surface area contributed by atoms with Crippen LogP contribution < -0.4 is 9.47 Å².